The number of alkyl carbamates (subject to hydrolysis) is 1. The molecule has 1 aromatic carbocycles. The van der Waals surface area contributed by atoms with Gasteiger partial charge >= 0.3 is 6.09 Å². The quantitative estimate of drug-likeness (QED) is 0.719. The Morgan fingerprint density at radius 1 is 1.39 bits per heavy atom. The van der Waals surface area contributed by atoms with Gasteiger partial charge in [-0.2, -0.15) is 0 Å². The van der Waals surface area contributed by atoms with Gasteiger partial charge in [-0.05, 0) is 42.1 Å². The number of rotatable bonds is 5. The molecule has 0 spiro atoms. The van der Waals surface area contributed by atoms with Gasteiger partial charge in [-0.3, -0.25) is 4.79 Å². The van der Waals surface area contributed by atoms with E-state index in [9.17, 15) is 19.1 Å². The van der Waals surface area contributed by atoms with E-state index in [2.05, 4.69) is 17.1 Å². The lowest BCUT2D eigenvalue weighted by Gasteiger charge is -2.25. The zero-order chi connectivity index (χ0) is 20.1. The second-order valence-corrected chi connectivity index (χ2v) is 8.16. The summed E-state index contributed by atoms with van der Waals surface area (Å²) in [6.07, 6.45) is -0.899. The molecule has 2 N–H and O–H groups in total. The van der Waals surface area contributed by atoms with Crippen LogP contribution in [-0.2, 0) is 16.1 Å². The highest BCUT2D eigenvalue weighted by molar-refractivity contribution is 6.30. The van der Waals surface area contributed by atoms with Crippen LogP contribution in [0.5, 0.6) is 0 Å². The summed E-state index contributed by atoms with van der Waals surface area (Å²) in [5, 5.41) is 13.2. The van der Waals surface area contributed by atoms with Gasteiger partial charge in [-0.1, -0.05) is 18.5 Å². The Kier molecular flexibility index (Phi) is 4.97. The van der Waals surface area contributed by atoms with Gasteiger partial charge in [-0.25, -0.2) is 9.18 Å². The first-order chi connectivity index (χ1) is 13.3. The number of fused-ring (bicyclic) bond motifs is 1. The largest absolute Gasteiger partial charge is 0.410 e. The summed E-state index contributed by atoms with van der Waals surface area (Å²) < 4.78 is 18.4. The molecule has 3 aliphatic rings. The molecule has 7 nitrogen and oxygen atoms in total. The SMILES string of the molecule is CCN1C[C@@H]2C(N3CCC(O)(OC(=O)NCc4cc(F)cc(Cl)c4)C3=O)[C@@H]2C1. The molecule has 4 rings (SSSR count). The Labute approximate surface area is 167 Å². The summed E-state index contributed by atoms with van der Waals surface area (Å²) in [7, 11) is 0. The molecular weight excluding hydrogens is 389 g/mol. The van der Waals surface area contributed by atoms with E-state index in [1.165, 1.54) is 12.1 Å². The van der Waals surface area contributed by atoms with E-state index in [0.717, 1.165) is 25.7 Å². The Morgan fingerprint density at radius 3 is 2.75 bits per heavy atom. The van der Waals surface area contributed by atoms with Gasteiger partial charge in [0, 0.05) is 43.7 Å². The van der Waals surface area contributed by atoms with Crippen molar-refractivity contribution in [2.45, 2.75) is 31.7 Å². The van der Waals surface area contributed by atoms with Crippen molar-refractivity contribution in [1.29, 1.82) is 0 Å². The van der Waals surface area contributed by atoms with Crippen LogP contribution in [-0.4, -0.2) is 64.9 Å². The molecule has 2 aliphatic heterocycles. The van der Waals surface area contributed by atoms with Crippen molar-refractivity contribution >= 4 is 23.6 Å². The van der Waals surface area contributed by atoms with E-state index in [1.54, 1.807) is 4.90 Å². The first kappa shape index (κ1) is 19.4. The summed E-state index contributed by atoms with van der Waals surface area (Å²) in [4.78, 5) is 28.7. The number of nitrogens with one attached hydrogen (secondary N) is 1. The number of hydrogen-bond acceptors (Lipinski definition) is 5. The number of carbonyl (C=O) groups excluding carboxylic acids is 2. The molecule has 4 atom stereocenters. The number of amides is 2. The van der Waals surface area contributed by atoms with Gasteiger partial charge in [0.15, 0.2) is 0 Å². The monoisotopic (exact) mass is 411 g/mol. The first-order valence-corrected chi connectivity index (χ1v) is 9.86. The van der Waals surface area contributed by atoms with Gasteiger partial charge < -0.3 is 25.0 Å². The molecule has 3 fully saturated rings. The smallest absolute Gasteiger partial charge is 0.407 e. The number of hydrogen-bond donors (Lipinski definition) is 2. The molecular formula is C19H23ClFN3O4. The fourth-order valence-electron chi connectivity index (χ4n) is 4.46. The Bertz CT molecular complexity index is 777. The second kappa shape index (κ2) is 7.17. The summed E-state index contributed by atoms with van der Waals surface area (Å²) in [5.41, 5.74) is 0.444. The Morgan fingerprint density at radius 2 is 2.11 bits per heavy atom. The maximum absolute atomic E-state index is 13.3. The molecule has 9 heteroatoms. The fourth-order valence-corrected chi connectivity index (χ4v) is 4.71. The van der Waals surface area contributed by atoms with Gasteiger partial charge in [0.1, 0.15) is 5.82 Å². The fraction of sp³-hybridized carbons (Fsp3) is 0.579. The molecule has 2 heterocycles. The van der Waals surface area contributed by atoms with Crippen molar-refractivity contribution in [2.75, 3.05) is 26.2 Å². The van der Waals surface area contributed by atoms with Crippen LogP contribution >= 0.6 is 11.6 Å². The number of carbonyl (C=O) groups is 2. The van der Waals surface area contributed by atoms with Crippen molar-refractivity contribution in [3.05, 3.63) is 34.6 Å². The van der Waals surface area contributed by atoms with Crippen molar-refractivity contribution in [1.82, 2.24) is 15.1 Å². The van der Waals surface area contributed by atoms with Crippen LogP contribution in [0, 0.1) is 17.7 Å². The molecule has 1 saturated carbocycles. The second-order valence-electron chi connectivity index (χ2n) is 7.72. The molecule has 0 bridgehead atoms. The third kappa shape index (κ3) is 3.56. The normalized spacial score (nSPS) is 31.8. The van der Waals surface area contributed by atoms with Gasteiger partial charge in [0.2, 0.25) is 0 Å². The van der Waals surface area contributed by atoms with Gasteiger partial charge in [0.05, 0.1) is 0 Å². The molecule has 0 aromatic heterocycles. The van der Waals surface area contributed by atoms with E-state index in [-0.39, 0.29) is 24.0 Å². The zero-order valence-electron chi connectivity index (χ0n) is 15.5. The molecule has 28 heavy (non-hydrogen) atoms. The van der Waals surface area contributed by atoms with Crippen LogP contribution in [0.3, 0.4) is 0 Å². The minimum atomic E-state index is -2.15. The van der Waals surface area contributed by atoms with Crippen molar-refractivity contribution in [3.8, 4) is 0 Å². The maximum Gasteiger partial charge on any atom is 0.410 e. The van der Waals surface area contributed by atoms with Crippen LogP contribution in [0.2, 0.25) is 5.02 Å². The summed E-state index contributed by atoms with van der Waals surface area (Å²) in [5.74, 6) is -2.34. The lowest BCUT2D eigenvalue weighted by atomic mass is 10.2. The van der Waals surface area contributed by atoms with Crippen molar-refractivity contribution in [2.24, 2.45) is 11.8 Å². The van der Waals surface area contributed by atoms with E-state index >= 15 is 0 Å². The first-order valence-electron chi connectivity index (χ1n) is 9.48. The standard InChI is InChI=1S/C19H23ClFN3O4/c1-2-23-9-14-15(10-23)16(14)24-4-3-19(27,17(24)25)28-18(26)22-8-11-5-12(20)7-13(21)6-11/h5-7,14-16,27H,2-4,8-10H2,1H3,(H,22,26)/t14-,15+,16?,19?. The van der Waals surface area contributed by atoms with Crippen molar-refractivity contribution in [3.63, 3.8) is 0 Å². The summed E-state index contributed by atoms with van der Waals surface area (Å²) in [6.45, 7) is 5.37. The lowest BCUT2D eigenvalue weighted by molar-refractivity contribution is -0.182. The molecule has 152 valence electrons. The Balaban J connectivity index is 1.31. The molecule has 0 radical (unpaired) electrons. The average Bonchev–Trinajstić information content (AvgIpc) is 2.97. The number of benzene rings is 1. The molecule has 2 saturated heterocycles. The molecule has 2 unspecified atom stereocenters. The third-order valence-electron chi connectivity index (χ3n) is 5.94. The highest BCUT2D eigenvalue weighted by atomic mass is 35.5. The average molecular weight is 412 g/mol. The maximum atomic E-state index is 13.3. The molecule has 1 aromatic rings. The molecule has 2 amide bonds. The summed E-state index contributed by atoms with van der Waals surface area (Å²) >= 11 is 5.78. The van der Waals surface area contributed by atoms with E-state index < -0.39 is 23.6 Å². The number of nitrogens with zero attached hydrogens (tertiary/aromatic N) is 2. The van der Waals surface area contributed by atoms with E-state index in [0.29, 0.717) is 23.9 Å². The van der Waals surface area contributed by atoms with Crippen LogP contribution in [0.4, 0.5) is 9.18 Å². The number of piperidine rings is 1. The number of likely N-dealkylation sites (tertiary alicyclic amines) is 2. The summed E-state index contributed by atoms with van der Waals surface area (Å²) in [6, 6.07) is 4.03. The van der Waals surface area contributed by atoms with Crippen LogP contribution in [0.15, 0.2) is 18.2 Å². The van der Waals surface area contributed by atoms with Crippen LogP contribution in [0.25, 0.3) is 0 Å². The van der Waals surface area contributed by atoms with Crippen LogP contribution < -0.4 is 5.32 Å². The zero-order valence-corrected chi connectivity index (χ0v) is 16.3. The predicted molar refractivity (Wildman–Crippen MR) is 98.9 cm³/mol. The third-order valence-corrected chi connectivity index (χ3v) is 6.16. The van der Waals surface area contributed by atoms with Gasteiger partial charge in [0.25, 0.3) is 11.7 Å². The highest BCUT2D eigenvalue weighted by Gasteiger charge is 2.63. The van der Waals surface area contributed by atoms with E-state index in [4.69, 9.17) is 16.3 Å². The lowest BCUT2D eigenvalue weighted by Crippen LogP contribution is -2.47. The topological polar surface area (TPSA) is 82.1 Å². The minimum absolute atomic E-state index is 0.0378. The number of aliphatic hydroxyl groups is 1. The van der Waals surface area contributed by atoms with Crippen LogP contribution in [0.1, 0.15) is 18.9 Å². The highest BCUT2D eigenvalue weighted by Crippen LogP contribution is 2.50. The van der Waals surface area contributed by atoms with Gasteiger partial charge in [-0.15, -0.1) is 0 Å². The minimum Gasteiger partial charge on any atom is -0.407 e. The van der Waals surface area contributed by atoms with Crippen molar-refractivity contribution < 1.29 is 23.8 Å². The number of ether oxygens (including phenoxy) is 1. The van der Waals surface area contributed by atoms with E-state index in [1.807, 2.05) is 0 Å². The Hall–Kier alpha value is -1.90. The predicted octanol–water partition coefficient (Wildman–Crippen LogP) is 1.58. The number of halogens is 2. The molecule has 1 aliphatic carbocycles.